The number of nitrogens with zero attached hydrogens (tertiary/aromatic N) is 2. The van der Waals surface area contributed by atoms with E-state index < -0.39 is 0 Å². The molecule has 0 amide bonds. The van der Waals surface area contributed by atoms with Crippen molar-refractivity contribution in [2.45, 2.75) is 10.1 Å². The average Bonchev–Trinajstić information content (AvgIpc) is 2.30. The molecule has 0 radical (unpaired) electrons. The number of rotatable bonds is 3. The molecule has 0 aliphatic heterocycles. The van der Waals surface area contributed by atoms with Gasteiger partial charge in [0.15, 0.2) is 12.4 Å². The van der Waals surface area contributed by atoms with Gasteiger partial charge < -0.3 is 10.4 Å². The summed E-state index contributed by atoms with van der Waals surface area (Å²) in [6.45, 7) is 0. The summed E-state index contributed by atoms with van der Waals surface area (Å²) in [6.07, 6.45) is 2.86. The van der Waals surface area contributed by atoms with E-state index in [2.05, 4.69) is 0 Å². The molecule has 90 valence electrons. The lowest BCUT2D eigenvalue weighted by Crippen LogP contribution is -2.28. The minimum absolute atomic E-state index is 0. The first-order chi connectivity index (χ1) is 7.77. The van der Waals surface area contributed by atoms with Gasteiger partial charge in [0, 0.05) is 45.9 Å². The molecule has 2 aromatic rings. The molecule has 2 aromatic heterocycles. The number of hydrogen-bond acceptors (Lipinski definition) is 4. The molecule has 0 saturated carbocycles. The number of aromatic nitrogens is 2. The third kappa shape index (κ3) is 3.79. The fraction of sp³-hybridized carbons (Fsp3) is 0. The van der Waals surface area contributed by atoms with E-state index in [-0.39, 0.29) is 17.0 Å². The monoisotopic (exact) mass is 332 g/mol. The van der Waals surface area contributed by atoms with Crippen molar-refractivity contribution < 1.29 is 9.46 Å². The maximum absolute atomic E-state index is 11.3. The van der Waals surface area contributed by atoms with Crippen LogP contribution in [0.1, 0.15) is 0 Å². The van der Waals surface area contributed by atoms with Crippen molar-refractivity contribution >= 4 is 38.6 Å². The predicted molar refractivity (Wildman–Crippen MR) is 72.8 cm³/mol. The van der Waals surface area contributed by atoms with Crippen LogP contribution in [0.5, 0.6) is 0 Å². The Balaban J connectivity index is 0.00000144. The molecule has 2 rings (SSSR count). The van der Waals surface area contributed by atoms with E-state index in [1.54, 1.807) is 36.4 Å². The highest BCUT2D eigenvalue weighted by Gasteiger charge is 2.10. The van der Waals surface area contributed by atoms with Gasteiger partial charge in [-0.2, -0.15) is 9.46 Å². The first-order valence-electron chi connectivity index (χ1n) is 4.48. The lowest BCUT2D eigenvalue weighted by Gasteiger charge is -2.03. The van der Waals surface area contributed by atoms with Crippen LogP contribution in [0.4, 0.5) is 0 Å². The van der Waals surface area contributed by atoms with Crippen molar-refractivity contribution in [3.63, 3.8) is 0 Å². The van der Waals surface area contributed by atoms with Crippen LogP contribution in [0, 0.1) is 10.4 Å². The highest BCUT2D eigenvalue weighted by atomic mass is 79.9. The van der Waals surface area contributed by atoms with Crippen LogP contribution in [0.2, 0.25) is 0 Å². The van der Waals surface area contributed by atoms with Crippen LogP contribution in [0.3, 0.4) is 0 Å². The number of halogens is 1. The van der Waals surface area contributed by atoms with E-state index in [1.165, 1.54) is 34.0 Å². The zero-order valence-corrected chi connectivity index (χ0v) is 11.9. The summed E-state index contributed by atoms with van der Waals surface area (Å²) >= 11 is 0. The Morgan fingerprint density at radius 3 is 1.53 bits per heavy atom. The van der Waals surface area contributed by atoms with E-state index in [0.29, 0.717) is 10.1 Å². The van der Waals surface area contributed by atoms with Crippen molar-refractivity contribution in [3.05, 3.63) is 59.2 Å². The van der Waals surface area contributed by atoms with Crippen LogP contribution in [0.15, 0.2) is 58.8 Å². The van der Waals surface area contributed by atoms with E-state index in [4.69, 9.17) is 0 Å². The second-order valence-corrected chi connectivity index (χ2v) is 5.07. The molecule has 0 unspecified atom stereocenters. The molecule has 0 aromatic carbocycles. The summed E-state index contributed by atoms with van der Waals surface area (Å²) in [5.41, 5.74) is 0. The predicted octanol–water partition coefficient (Wildman–Crippen LogP) is 2.33. The second-order valence-electron chi connectivity index (χ2n) is 2.90. The number of hydrogen-bond donors (Lipinski definition) is 0. The van der Waals surface area contributed by atoms with Crippen LogP contribution in [0.25, 0.3) is 0 Å². The van der Waals surface area contributed by atoms with Crippen LogP contribution in [-0.4, -0.2) is 0 Å². The van der Waals surface area contributed by atoms with Crippen LogP contribution in [-0.2, 0) is 0 Å². The van der Waals surface area contributed by atoms with Crippen molar-refractivity contribution in [2.24, 2.45) is 0 Å². The molecule has 0 spiro atoms. The average molecular weight is 333 g/mol. The Morgan fingerprint density at radius 2 is 1.18 bits per heavy atom. The maximum atomic E-state index is 11.3. The molecular weight excluding hydrogens is 324 g/mol. The van der Waals surface area contributed by atoms with Crippen molar-refractivity contribution in [3.8, 4) is 0 Å². The van der Waals surface area contributed by atoms with Gasteiger partial charge in [-0.25, -0.2) is 0 Å². The van der Waals surface area contributed by atoms with Gasteiger partial charge in [0.25, 0.3) is 10.1 Å². The molecule has 0 aliphatic carbocycles. The SMILES string of the molecule is Br.[O-][n+]1ccccc1SSc1cccc[n+]1[O-]. The highest BCUT2D eigenvalue weighted by Crippen LogP contribution is 2.33. The third-order valence-corrected chi connectivity index (χ3v) is 4.12. The van der Waals surface area contributed by atoms with Gasteiger partial charge >= 0.3 is 0 Å². The third-order valence-electron chi connectivity index (χ3n) is 1.79. The summed E-state index contributed by atoms with van der Waals surface area (Å²) in [4.78, 5) is 0. The molecule has 0 aliphatic rings. The van der Waals surface area contributed by atoms with Gasteiger partial charge in [0.1, 0.15) is 0 Å². The Bertz CT molecular complexity index is 454. The first kappa shape index (κ1) is 14.1. The van der Waals surface area contributed by atoms with E-state index in [9.17, 15) is 10.4 Å². The van der Waals surface area contributed by atoms with E-state index >= 15 is 0 Å². The molecule has 17 heavy (non-hydrogen) atoms. The fourth-order valence-electron chi connectivity index (χ4n) is 1.04. The van der Waals surface area contributed by atoms with Gasteiger partial charge in [-0.1, -0.05) is 0 Å². The summed E-state index contributed by atoms with van der Waals surface area (Å²) in [7, 11) is 2.52. The lowest BCUT2D eigenvalue weighted by molar-refractivity contribution is -0.646. The Hall–Kier alpha value is -0.920. The highest BCUT2D eigenvalue weighted by molar-refractivity contribution is 8.93. The van der Waals surface area contributed by atoms with Gasteiger partial charge in [-0.05, 0) is 12.1 Å². The zero-order valence-electron chi connectivity index (χ0n) is 8.55. The molecule has 0 fully saturated rings. The molecule has 0 atom stereocenters. The standard InChI is InChI=1S/C10H8N2O2S2.BrH/c13-11-7-3-1-5-9(11)15-16-10-6-2-4-8-12(10)14;/h1-8H;1H. The van der Waals surface area contributed by atoms with Gasteiger partial charge in [-0.3, -0.25) is 0 Å². The topological polar surface area (TPSA) is 53.9 Å². The molecule has 7 heteroatoms. The van der Waals surface area contributed by atoms with Gasteiger partial charge in [0.05, 0.1) is 0 Å². The van der Waals surface area contributed by atoms with Gasteiger partial charge in [-0.15, -0.1) is 17.0 Å². The molecule has 0 bridgehead atoms. The van der Waals surface area contributed by atoms with Crippen LogP contribution >= 0.6 is 38.6 Å². The zero-order chi connectivity index (χ0) is 11.4. The molecular formula is C10H9BrN2O2S2. The Labute approximate surface area is 117 Å². The van der Waals surface area contributed by atoms with Crippen molar-refractivity contribution in [1.29, 1.82) is 0 Å². The minimum atomic E-state index is 0. The molecule has 0 saturated heterocycles. The smallest absolute Gasteiger partial charge is 0.262 e. The van der Waals surface area contributed by atoms with E-state index in [1.807, 2.05) is 0 Å². The first-order valence-corrected chi connectivity index (χ1v) is 6.63. The van der Waals surface area contributed by atoms with Crippen LogP contribution < -0.4 is 9.46 Å². The summed E-state index contributed by atoms with van der Waals surface area (Å²) in [6, 6.07) is 10.3. The minimum Gasteiger partial charge on any atom is -0.618 e. The number of pyridine rings is 2. The van der Waals surface area contributed by atoms with Crippen molar-refractivity contribution in [1.82, 2.24) is 0 Å². The summed E-state index contributed by atoms with van der Waals surface area (Å²) < 4.78 is 1.55. The van der Waals surface area contributed by atoms with Crippen molar-refractivity contribution in [2.75, 3.05) is 0 Å². The lowest BCUT2D eigenvalue weighted by atomic mass is 10.5. The summed E-state index contributed by atoms with van der Waals surface area (Å²) in [5.74, 6) is 0. The quantitative estimate of drug-likeness (QED) is 0.491. The molecule has 0 N–H and O–H groups in total. The molecule has 4 nitrogen and oxygen atoms in total. The summed E-state index contributed by atoms with van der Waals surface area (Å²) in [5, 5.41) is 23.8. The Morgan fingerprint density at radius 1 is 0.765 bits per heavy atom. The van der Waals surface area contributed by atoms with E-state index in [0.717, 1.165) is 9.46 Å². The maximum Gasteiger partial charge on any atom is 0.262 e. The second kappa shape index (κ2) is 6.73. The fourth-order valence-corrected chi connectivity index (χ4v) is 3.03. The Kier molecular flexibility index (Phi) is 5.60. The molecule has 2 heterocycles. The normalized spacial score (nSPS) is 9.65. The largest absolute Gasteiger partial charge is 0.618 e. The van der Waals surface area contributed by atoms with Gasteiger partial charge in [0.2, 0.25) is 0 Å².